The summed E-state index contributed by atoms with van der Waals surface area (Å²) in [5, 5.41) is 0.540. The molecule has 6 heteroatoms. The van der Waals surface area contributed by atoms with Gasteiger partial charge in [-0.2, -0.15) is 0 Å². The molecule has 0 aromatic heterocycles. The van der Waals surface area contributed by atoms with E-state index in [1.807, 2.05) is 0 Å². The van der Waals surface area contributed by atoms with Crippen molar-refractivity contribution in [3.8, 4) is 0 Å². The Morgan fingerprint density at radius 2 is 1.69 bits per heavy atom. The molecule has 132 valence electrons. The number of hydrogen-bond donors (Lipinski definition) is 0. The number of hydrogen-bond acceptors (Lipinski definition) is 4. The van der Waals surface area contributed by atoms with Gasteiger partial charge in [-0.25, -0.2) is 9.18 Å². The third-order valence-corrected chi connectivity index (χ3v) is 5.11. The van der Waals surface area contributed by atoms with Gasteiger partial charge in [0.25, 0.3) is 11.8 Å². The first-order chi connectivity index (χ1) is 12.5. The van der Waals surface area contributed by atoms with Crippen LogP contribution in [0.25, 0.3) is 0 Å². The van der Waals surface area contributed by atoms with E-state index in [2.05, 4.69) is 0 Å². The molecule has 0 atom stereocenters. The van der Waals surface area contributed by atoms with Crippen molar-refractivity contribution >= 4 is 17.8 Å². The summed E-state index contributed by atoms with van der Waals surface area (Å²) < 4.78 is 13.4. The molecule has 2 aromatic rings. The lowest BCUT2D eigenvalue weighted by Gasteiger charge is -2.39. The zero-order valence-electron chi connectivity index (χ0n) is 13.9. The highest BCUT2D eigenvalue weighted by molar-refractivity contribution is 6.20. The summed E-state index contributed by atoms with van der Waals surface area (Å²) >= 11 is 0. The van der Waals surface area contributed by atoms with Gasteiger partial charge in [-0.05, 0) is 49.1 Å². The van der Waals surface area contributed by atoms with E-state index in [4.69, 9.17) is 4.84 Å². The molecule has 1 heterocycles. The van der Waals surface area contributed by atoms with Gasteiger partial charge in [0.15, 0.2) is 0 Å². The number of imide groups is 1. The molecule has 0 unspecified atom stereocenters. The van der Waals surface area contributed by atoms with Crippen LogP contribution in [0.15, 0.2) is 48.5 Å². The van der Waals surface area contributed by atoms with Gasteiger partial charge in [-0.1, -0.05) is 35.7 Å². The first-order valence-corrected chi connectivity index (χ1v) is 8.45. The van der Waals surface area contributed by atoms with Crippen LogP contribution < -0.4 is 0 Å². The van der Waals surface area contributed by atoms with Gasteiger partial charge in [0.1, 0.15) is 5.82 Å². The van der Waals surface area contributed by atoms with E-state index in [0.717, 1.165) is 6.42 Å². The van der Waals surface area contributed by atoms with Gasteiger partial charge in [0.05, 0.1) is 16.5 Å². The molecule has 1 aliphatic heterocycles. The van der Waals surface area contributed by atoms with E-state index in [-0.39, 0.29) is 16.9 Å². The fraction of sp³-hybridized carbons (Fsp3) is 0.250. The Hall–Kier alpha value is -3.02. The average Bonchev–Trinajstić information content (AvgIpc) is 2.83. The van der Waals surface area contributed by atoms with Crippen LogP contribution in [0.5, 0.6) is 0 Å². The molecule has 2 aliphatic rings. The lowest BCUT2D eigenvalue weighted by Crippen LogP contribution is -2.45. The van der Waals surface area contributed by atoms with Crippen LogP contribution >= 0.6 is 0 Å². The molecule has 2 amide bonds. The number of rotatable bonds is 4. The highest BCUT2D eigenvalue weighted by atomic mass is 19.1. The normalized spacial score (nSPS) is 17.7. The van der Waals surface area contributed by atoms with Crippen LogP contribution in [0.1, 0.15) is 45.5 Å². The van der Waals surface area contributed by atoms with E-state index < -0.39 is 23.2 Å². The van der Waals surface area contributed by atoms with Crippen LogP contribution in [0.3, 0.4) is 0 Å². The number of nitrogens with zero attached hydrogens (tertiary/aromatic N) is 1. The second-order valence-electron chi connectivity index (χ2n) is 6.77. The van der Waals surface area contributed by atoms with E-state index >= 15 is 0 Å². The predicted octanol–water partition coefficient (Wildman–Crippen LogP) is 3.29. The minimum absolute atomic E-state index is 0.220. The van der Waals surface area contributed by atoms with E-state index in [1.165, 1.54) is 24.3 Å². The fourth-order valence-electron chi connectivity index (χ4n) is 3.52. The van der Waals surface area contributed by atoms with Crippen molar-refractivity contribution < 1.29 is 23.6 Å². The van der Waals surface area contributed by atoms with E-state index in [9.17, 15) is 18.8 Å². The molecule has 5 nitrogen and oxygen atoms in total. The van der Waals surface area contributed by atoms with Crippen molar-refractivity contribution in [3.05, 3.63) is 71.0 Å². The summed E-state index contributed by atoms with van der Waals surface area (Å²) in [5.74, 6) is -2.27. The lowest BCUT2D eigenvalue weighted by molar-refractivity contribution is -0.187. The molecule has 4 rings (SSSR count). The standard InChI is InChI=1S/C20H16FNO4/c21-14-6-3-5-13(11-14)12-20(9-4-10-20)19(25)26-22-17(23)15-7-1-2-8-16(15)18(22)24/h1-3,5-8,11H,4,9-10,12H2. The van der Waals surface area contributed by atoms with Crippen LogP contribution in [0.4, 0.5) is 4.39 Å². The molecule has 0 N–H and O–H groups in total. The maximum Gasteiger partial charge on any atom is 0.339 e. The van der Waals surface area contributed by atoms with Gasteiger partial charge >= 0.3 is 5.97 Å². The first kappa shape index (κ1) is 16.4. The number of benzene rings is 2. The maximum atomic E-state index is 13.4. The van der Waals surface area contributed by atoms with Crippen LogP contribution in [-0.2, 0) is 16.1 Å². The third-order valence-electron chi connectivity index (χ3n) is 5.11. The number of carbonyl (C=O) groups excluding carboxylic acids is 3. The van der Waals surface area contributed by atoms with Crippen molar-refractivity contribution in [2.24, 2.45) is 5.41 Å². The molecule has 0 saturated heterocycles. The zero-order chi connectivity index (χ0) is 18.3. The van der Waals surface area contributed by atoms with Gasteiger partial charge < -0.3 is 4.84 Å². The maximum absolute atomic E-state index is 13.4. The van der Waals surface area contributed by atoms with Gasteiger partial charge in [-0.3, -0.25) is 9.59 Å². The summed E-state index contributed by atoms with van der Waals surface area (Å²) in [5.41, 5.74) is 0.295. The van der Waals surface area contributed by atoms with Crippen molar-refractivity contribution in [2.45, 2.75) is 25.7 Å². The fourth-order valence-corrected chi connectivity index (χ4v) is 3.52. The Morgan fingerprint density at radius 1 is 1.04 bits per heavy atom. The smallest absolute Gasteiger partial charge is 0.329 e. The second kappa shape index (κ2) is 6.05. The molecule has 26 heavy (non-hydrogen) atoms. The molecule has 0 spiro atoms. The Bertz CT molecular complexity index is 885. The van der Waals surface area contributed by atoms with Crippen molar-refractivity contribution in [1.82, 2.24) is 5.06 Å². The largest absolute Gasteiger partial charge is 0.339 e. The zero-order valence-corrected chi connectivity index (χ0v) is 13.9. The minimum Gasteiger partial charge on any atom is -0.329 e. The van der Waals surface area contributed by atoms with Crippen molar-refractivity contribution in [2.75, 3.05) is 0 Å². The van der Waals surface area contributed by atoms with Gasteiger partial charge in [0, 0.05) is 0 Å². The summed E-state index contributed by atoms with van der Waals surface area (Å²) in [6, 6.07) is 12.4. The Kier molecular flexibility index (Phi) is 3.83. The first-order valence-electron chi connectivity index (χ1n) is 8.45. The predicted molar refractivity (Wildman–Crippen MR) is 89.4 cm³/mol. The Labute approximate surface area is 149 Å². The minimum atomic E-state index is -0.830. The van der Waals surface area contributed by atoms with Crippen LogP contribution in [0.2, 0.25) is 0 Å². The van der Waals surface area contributed by atoms with Crippen molar-refractivity contribution in [1.29, 1.82) is 0 Å². The Morgan fingerprint density at radius 3 is 2.23 bits per heavy atom. The summed E-state index contributed by atoms with van der Waals surface area (Å²) in [7, 11) is 0. The third kappa shape index (κ3) is 2.58. The molecule has 0 radical (unpaired) electrons. The topological polar surface area (TPSA) is 63.7 Å². The number of amides is 2. The molecular formula is C20H16FNO4. The monoisotopic (exact) mass is 353 g/mol. The number of hydroxylamine groups is 2. The molecule has 2 aromatic carbocycles. The average molecular weight is 353 g/mol. The molecule has 1 fully saturated rings. The number of carbonyl (C=O) groups is 3. The second-order valence-corrected chi connectivity index (χ2v) is 6.77. The van der Waals surface area contributed by atoms with Crippen LogP contribution in [0, 0.1) is 11.2 Å². The highest BCUT2D eigenvalue weighted by Gasteiger charge is 2.49. The molecule has 0 bridgehead atoms. The molecule has 1 saturated carbocycles. The van der Waals surface area contributed by atoms with Crippen molar-refractivity contribution in [3.63, 3.8) is 0 Å². The number of halogens is 1. The lowest BCUT2D eigenvalue weighted by atomic mass is 9.65. The highest BCUT2D eigenvalue weighted by Crippen LogP contribution is 2.45. The SMILES string of the molecule is O=C1c2ccccc2C(=O)N1OC(=O)C1(Cc2cccc(F)c2)CCC1. The van der Waals surface area contributed by atoms with Crippen LogP contribution in [-0.4, -0.2) is 22.8 Å². The summed E-state index contributed by atoms with van der Waals surface area (Å²) in [4.78, 5) is 42.7. The Balaban J connectivity index is 1.54. The molecule has 1 aliphatic carbocycles. The number of fused-ring (bicyclic) bond motifs is 1. The summed E-state index contributed by atoms with van der Waals surface area (Å²) in [6.45, 7) is 0. The van der Waals surface area contributed by atoms with E-state index in [0.29, 0.717) is 29.9 Å². The van der Waals surface area contributed by atoms with Gasteiger partial charge in [0.2, 0.25) is 0 Å². The van der Waals surface area contributed by atoms with Gasteiger partial charge in [-0.15, -0.1) is 0 Å². The quantitative estimate of drug-likeness (QED) is 0.791. The van der Waals surface area contributed by atoms with E-state index in [1.54, 1.807) is 24.3 Å². The summed E-state index contributed by atoms with van der Waals surface area (Å²) in [6.07, 6.45) is 2.30. The molecular weight excluding hydrogens is 337 g/mol.